The Morgan fingerprint density at radius 1 is 1.26 bits per heavy atom. The maximum absolute atomic E-state index is 5.74. The molecule has 0 spiro atoms. The molecule has 1 aromatic carbocycles. The van der Waals surface area contributed by atoms with Crippen molar-refractivity contribution in [1.29, 1.82) is 0 Å². The summed E-state index contributed by atoms with van der Waals surface area (Å²) in [6.45, 7) is 5.44. The van der Waals surface area contributed by atoms with E-state index in [4.69, 9.17) is 22.1 Å². The molecule has 0 atom stereocenters. The minimum atomic E-state index is 0.678. The fourth-order valence-electron chi connectivity index (χ4n) is 2.10. The maximum Gasteiger partial charge on any atom is 0.161 e. The Kier molecular flexibility index (Phi) is 5.54. The summed E-state index contributed by atoms with van der Waals surface area (Å²) < 4.78 is 16.3. The van der Waals surface area contributed by atoms with Crippen LogP contribution in [0.15, 0.2) is 18.2 Å². The first kappa shape index (κ1) is 14.2. The Labute approximate surface area is 116 Å². The molecule has 0 aromatic heterocycles. The first-order chi connectivity index (χ1) is 9.29. The van der Waals surface area contributed by atoms with E-state index < -0.39 is 0 Å². The van der Waals surface area contributed by atoms with Gasteiger partial charge in [-0.15, -0.1) is 0 Å². The maximum atomic E-state index is 5.74. The molecule has 0 aliphatic carbocycles. The Balaban J connectivity index is 1.73. The van der Waals surface area contributed by atoms with Gasteiger partial charge in [0.2, 0.25) is 0 Å². The Bertz CT molecular complexity index is 394. The largest absolute Gasteiger partial charge is 0.493 e. The van der Waals surface area contributed by atoms with E-state index in [1.165, 1.54) is 0 Å². The van der Waals surface area contributed by atoms with E-state index in [9.17, 15) is 0 Å². The van der Waals surface area contributed by atoms with Gasteiger partial charge in [-0.3, -0.25) is 4.90 Å². The molecule has 0 bridgehead atoms. The van der Waals surface area contributed by atoms with Crippen molar-refractivity contribution in [3.8, 4) is 11.5 Å². The minimum absolute atomic E-state index is 0.678. The van der Waals surface area contributed by atoms with Crippen LogP contribution in [-0.2, 0) is 4.74 Å². The van der Waals surface area contributed by atoms with Crippen LogP contribution >= 0.6 is 0 Å². The molecule has 5 heteroatoms. The average molecular weight is 261 g/mol. The van der Waals surface area contributed by atoms with Crippen molar-refractivity contribution in [3.05, 3.63) is 18.2 Å². The lowest BCUT2D eigenvalue weighted by Gasteiger charge is -2.26. The number of hydrogen-bond acceptors (Lipinski definition) is 4. The monoisotopic (exact) mass is 261 g/mol. The molecule has 2 radical (unpaired) electrons. The summed E-state index contributed by atoms with van der Waals surface area (Å²) in [5.41, 5.74) is 0.678. The van der Waals surface area contributed by atoms with E-state index in [2.05, 4.69) is 4.90 Å². The first-order valence-electron chi connectivity index (χ1n) is 6.66. The summed E-state index contributed by atoms with van der Waals surface area (Å²) in [5, 5.41) is 0. The van der Waals surface area contributed by atoms with Gasteiger partial charge < -0.3 is 14.2 Å². The van der Waals surface area contributed by atoms with Crippen LogP contribution in [-0.4, -0.2) is 59.3 Å². The van der Waals surface area contributed by atoms with Crippen LogP contribution in [0.5, 0.6) is 11.5 Å². The van der Waals surface area contributed by atoms with Gasteiger partial charge >= 0.3 is 0 Å². The van der Waals surface area contributed by atoms with Gasteiger partial charge in [-0.05, 0) is 18.6 Å². The number of morpholine rings is 1. The quantitative estimate of drug-likeness (QED) is 0.554. The zero-order valence-electron chi connectivity index (χ0n) is 11.4. The number of ether oxygens (including phenoxy) is 3. The predicted molar refractivity (Wildman–Crippen MR) is 75.8 cm³/mol. The highest BCUT2D eigenvalue weighted by molar-refractivity contribution is 6.32. The second-order valence-electron chi connectivity index (χ2n) is 4.57. The third-order valence-corrected chi connectivity index (χ3v) is 3.17. The van der Waals surface area contributed by atoms with Gasteiger partial charge in [-0.25, -0.2) is 0 Å². The smallest absolute Gasteiger partial charge is 0.161 e. The van der Waals surface area contributed by atoms with E-state index in [0.717, 1.165) is 45.0 Å². The van der Waals surface area contributed by atoms with Gasteiger partial charge in [0.05, 0.1) is 26.9 Å². The van der Waals surface area contributed by atoms with Crippen molar-refractivity contribution in [2.24, 2.45) is 0 Å². The highest BCUT2D eigenvalue weighted by Crippen LogP contribution is 2.24. The summed E-state index contributed by atoms with van der Waals surface area (Å²) in [5.74, 6) is 1.44. The summed E-state index contributed by atoms with van der Waals surface area (Å²) in [4.78, 5) is 2.40. The molecule has 0 unspecified atom stereocenters. The number of nitrogens with zero attached hydrogens (tertiary/aromatic N) is 1. The van der Waals surface area contributed by atoms with Gasteiger partial charge in [0.15, 0.2) is 11.5 Å². The third-order valence-electron chi connectivity index (χ3n) is 3.17. The van der Waals surface area contributed by atoms with Crippen molar-refractivity contribution in [2.75, 3.05) is 46.6 Å². The number of hydrogen-bond donors (Lipinski definition) is 0. The van der Waals surface area contributed by atoms with Crippen LogP contribution in [0, 0.1) is 0 Å². The van der Waals surface area contributed by atoms with Crippen LogP contribution in [0.25, 0.3) is 0 Å². The molecule has 102 valence electrons. The molecule has 1 aliphatic rings. The van der Waals surface area contributed by atoms with Crippen LogP contribution in [0.1, 0.15) is 6.42 Å². The van der Waals surface area contributed by atoms with Gasteiger partial charge in [-0.1, -0.05) is 11.5 Å². The molecule has 0 N–H and O–H groups in total. The summed E-state index contributed by atoms with van der Waals surface area (Å²) >= 11 is 0. The van der Waals surface area contributed by atoms with Crippen molar-refractivity contribution in [3.63, 3.8) is 0 Å². The highest BCUT2D eigenvalue weighted by atomic mass is 16.5. The average Bonchev–Trinajstić information content (AvgIpc) is 2.46. The molecule has 1 aromatic rings. The highest BCUT2D eigenvalue weighted by Gasteiger charge is 2.10. The van der Waals surface area contributed by atoms with Crippen LogP contribution in [0.4, 0.5) is 0 Å². The van der Waals surface area contributed by atoms with E-state index in [0.29, 0.717) is 17.8 Å². The molecular formula is C14H20BNO3. The van der Waals surface area contributed by atoms with Crippen molar-refractivity contribution >= 4 is 13.3 Å². The van der Waals surface area contributed by atoms with E-state index in [1.54, 1.807) is 13.2 Å². The number of benzene rings is 1. The molecule has 1 fully saturated rings. The molecular weight excluding hydrogens is 241 g/mol. The van der Waals surface area contributed by atoms with E-state index in [-0.39, 0.29) is 0 Å². The zero-order valence-corrected chi connectivity index (χ0v) is 11.4. The fourth-order valence-corrected chi connectivity index (χ4v) is 2.10. The van der Waals surface area contributed by atoms with Crippen LogP contribution in [0.3, 0.4) is 0 Å². The number of rotatable bonds is 6. The Hall–Kier alpha value is -1.20. The Morgan fingerprint density at radius 3 is 2.79 bits per heavy atom. The molecule has 19 heavy (non-hydrogen) atoms. The molecule has 1 heterocycles. The Morgan fingerprint density at radius 2 is 2.05 bits per heavy atom. The molecule has 4 nitrogen and oxygen atoms in total. The molecule has 1 saturated heterocycles. The lowest BCUT2D eigenvalue weighted by molar-refractivity contribution is 0.0357. The standard InChI is InChI=1S/C14H20BNO3/c1-17-14-11-12(15)3-4-13(14)19-8-2-5-16-6-9-18-10-7-16/h3-4,11H,2,5-10H2,1H3. The normalized spacial score (nSPS) is 16.3. The zero-order chi connectivity index (χ0) is 13.5. The van der Waals surface area contributed by atoms with Gasteiger partial charge in [-0.2, -0.15) is 0 Å². The summed E-state index contributed by atoms with van der Waals surface area (Å²) in [7, 11) is 7.32. The lowest BCUT2D eigenvalue weighted by atomic mass is 9.96. The van der Waals surface area contributed by atoms with Crippen LogP contribution in [0.2, 0.25) is 0 Å². The molecule has 1 aliphatic heterocycles. The topological polar surface area (TPSA) is 30.9 Å². The summed E-state index contributed by atoms with van der Waals surface area (Å²) in [6.07, 6.45) is 0.994. The van der Waals surface area contributed by atoms with E-state index >= 15 is 0 Å². The molecule has 0 saturated carbocycles. The fraction of sp³-hybridized carbons (Fsp3) is 0.571. The van der Waals surface area contributed by atoms with Crippen molar-refractivity contribution < 1.29 is 14.2 Å². The molecule has 2 rings (SSSR count). The van der Waals surface area contributed by atoms with Gasteiger partial charge in [0, 0.05) is 19.6 Å². The predicted octanol–water partition coefficient (Wildman–Crippen LogP) is 0.590. The van der Waals surface area contributed by atoms with Gasteiger partial charge in [0.25, 0.3) is 0 Å². The molecule has 0 amide bonds. The lowest BCUT2D eigenvalue weighted by Crippen LogP contribution is -2.37. The minimum Gasteiger partial charge on any atom is -0.493 e. The van der Waals surface area contributed by atoms with Crippen molar-refractivity contribution in [2.45, 2.75) is 6.42 Å². The van der Waals surface area contributed by atoms with Crippen molar-refractivity contribution in [1.82, 2.24) is 4.90 Å². The summed E-state index contributed by atoms with van der Waals surface area (Å²) in [6, 6.07) is 5.44. The SMILES string of the molecule is [B]c1ccc(OCCCN2CCOCC2)c(OC)c1. The third kappa shape index (κ3) is 4.44. The van der Waals surface area contributed by atoms with E-state index in [1.807, 2.05) is 12.1 Å². The second-order valence-corrected chi connectivity index (χ2v) is 4.57. The number of methoxy groups -OCH3 is 1. The first-order valence-corrected chi connectivity index (χ1v) is 6.66. The second kappa shape index (κ2) is 7.41. The van der Waals surface area contributed by atoms with Gasteiger partial charge in [0.1, 0.15) is 7.85 Å². The van der Waals surface area contributed by atoms with Crippen LogP contribution < -0.4 is 14.9 Å².